The van der Waals surface area contributed by atoms with Crippen molar-refractivity contribution in [1.82, 2.24) is 0 Å². The minimum Gasteiger partial charge on any atom is -0.411 e. The van der Waals surface area contributed by atoms with Gasteiger partial charge in [0.1, 0.15) is 0 Å². The van der Waals surface area contributed by atoms with Gasteiger partial charge in [-0.05, 0) is 98.1 Å². The molecule has 8 nitrogen and oxygen atoms in total. The van der Waals surface area contributed by atoms with Crippen LogP contribution in [-0.2, 0) is 32.2 Å². The highest BCUT2D eigenvalue weighted by Crippen LogP contribution is 2.47. The molecule has 0 spiro atoms. The fourth-order valence-electron chi connectivity index (χ4n) is 13.7. The van der Waals surface area contributed by atoms with Crippen LogP contribution in [0.3, 0.4) is 0 Å². The standard InChI is InChI=1S/C65H94O8Si3/c1-14-74(15-2,16-3)73-63-49(7)62-60(70-61(63)43-58-48(6)46(4)41-50(68-58)37-38-56-47(5)42-51(45-66)69-56)44-59(72-76(65(11,12)13,54-33-25-19-26-34-54)55-35-27-20-28-36-55)57(71-62)39-40-67-75(64(8,9)10,52-29-21-17-22-30-52)53-31-23-18-24-32-53/h17-36,46,49-51,56-63,66H,5-6,14-16,37-45H2,1-4,7-13H3/t46?,49-,50?,51?,56-,57?,58?,59?,60?,61-,62-,63?/m0/s1. The zero-order chi connectivity index (χ0) is 54.5. The van der Waals surface area contributed by atoms with E-state index in [1.54, 1.807) is 0 Å². The molecule has 4 aliphatic heterocycles. The van der Waals surface area contributed by atoms with Crippen molar-refractivity contribution in [3.05, 3.63) is 146 Å². The summed E-state index contributed by atoms with van der Waals surface area (Å²) < 4.78 is 52.3. The van der Waals surface area contributed by atoms with Crippen LogP contribution in [0.1, 0.15) is 121 Å². The zero-order valence-electron chi connectivity index (χ0n) is 48.2. The molecule has 414 valence electrons. The highest BCUT2D eigenvalue weighted by atomic mass is 28.4. The molecule has 4 aliphatic rings. The SMILES string of the molecule is C=C1C(C)CC(CC[C@@H]2OC(CO)CC2=C)OC1C[C@@H]1OC2CC(O[Si](c3ccccc3)(c3ccccc3)C(C)(C)C)C(CCO[Si](c3ccccc3)(c3ccccc3)C(C)(C)C)O[C@H]2[C@H](C)C1O[Si](CC)(CC)CC. The molecule has 11 heteroatoms. The number of hydrogen-bond donors (Lipinski definition) is 1. The predicted molar refractivity (Wildman–Crippen MR) is 319 cm³/mol. The van der Waals surface area contributed by atoms with Gasteiger partial charge in [-0.15, -0.1) is 0 Å². The Balaban J connectivity index is 1.16. The van der Waals surface area contributed by atoms with Gasteiger partial charge in [0, 0.05) is 25.4 Å². The van der Waals surface area contributed by atoms with Crippen LogP contribution in [0.25, 0.3) is 0 Å². The molecule has 8 rings (SSSR count). The van der Waals surface area contributed by atoms with Crippen molar-refractivity contribution in [2.24, 2.45) is 11.8 Å². The molecule has 4 heterocycles. The van der Waals surface area contributed by atoms with Gasteiger partial charge >= 0.3 is 0 Å². The Hall–Kier alpha value is -3.31. The van der Waals surface area contributed by atoms with Gasteiger partial charge in [-0.25, -0.2) is 0 Å². The average Bonchev–Trinajstić information content (AvgIpc) is 3.80. The van der Waals surface area contributed by atoms with Crippen molar-refractivity contribution in [2.45, 2.75) is 210 Å². The van der Waals surface area contributed by atoms with E-state index in [2.05, 4.69) is 204 Å². The van der Waals surface area contributed by atoms with E-state index in [1.165, 1.54) is 20.7 Å². The first-order valence-electron chi connectivity index (χ1n) is 29.1. The van der Waals surface area contributed by atoms with Crippen molar-refractivity contribution in [3.63, 3.8) is 0 Å². The van der Waals surface area contributed by atoms with Gasteiger partial charge in [0.2, 0.25) is 0 Å². The lowest BCUT2D eigenvalue weighted by molar-refractivity contribution is -0.264. The molecule has 0 aromatic heterocycles. The molecular weight excluding hydrogens is 993 g/mol. The molecule has 12 atom stereocenters. The maximum absolute atomic E-state index is 9.83. The van der Waals surface area contributed by atoms with E-state index in [1.807, 2.05) is 0 Å². The number of fused-ring (bicyclic) bond motifs is 1. The fraction of sp³-hybridized carbons (Fsp3) is 0.569. The molecule has 0 aliphatic carbocycles. The van der Waals surface area contributed by atoms with Crippen LogP contribution in [0.15, 0.2) is 146 Å². The van der Waals surface area contributed by atoms with E-state index in [0.717, 1.165) is 48.5 Å². The highest BCUT2D eigenvalue weighted by Gasteiger charge is 2.58. The predicted octanol–water partition coefficient (Wildman–Crippen LogP) is 12.1. The summed E-state index contributed by atoms with van der Waals surface area (Å²) in [5.74, 6) is 0.323. The number of benzene rings is 4. The lowest BCUT2D eigenvalue weighted by Gasteiger charge is -2.55. The Morgan fingerprint density at radius 1 is 0.579 bits per heavy atom. The van der Waals surface area contributed by atoms with Crippen molar-refractivity contribution in [1.29, 1.82) is 0 Å². The van der Waals surface area contributed by atoms with E-state index >= 15 is 0 Å². The van der Waals surface area contributed by atoms with E-state index in [9.17, 15) is 5.11 Å². The molecule has 4 saturated heterocycles. The zero-order valence-corrected chi connectivity index (χ0v) is 51.2. The molecule has 4 aromatic carbocycles. The summed E-state index contributed by atoms with van der Waals surface area (Å²) in [5, 5.41) is 14.4. The Morgan fingerprint density at radius 3 is 1.55 bits per heavy atom. The molecule has 0 bridgehead atoms. The first kappa shape index (κ1) is 58.8. The topological polar surface area (TPSA) is 84.8 Å². The van der Waals surface area contributed by atoms with Crippen LogP contribution in [-0.4, -0.2) is 104 Å². The Bertz CT molecular complexity index is 2370. The summed E-state index contributed by atoms with van der Waals surface area (Å²) in [6.45, 7) is 35.3. The minimum atomic E-state index is -3.07. The van der Waals surface area contributed by atoms with Crippen LogP contribution in [0.5, 0.6) is 0 Å². The second-order valence-electron chi connectivity index (χ2n) is 25.0. The molecule has 4 aromatic rings. The first-order valence-corrected chi connectivity index (χ1v) is 35.5. The van der Waals surface area contributed by atoms with Crippen molar-refractivity contribution >= 4 is 45.7 Å². The summed E-state index contributed by atoms with van der Waals surface area (Å²) in [7, 11) is -8.10. The number of hydrogen-bond acceptors (Lipinski definition) is 8. The van der Waals surface area contributed by atoms with Crippen LogP contribution in [0, 0.1) is 11.8 Å². The van der Waals surface area contributed by atoms with Crippen LogP contribution < -0.4 is 20.7 Å². The maximum Gasteiger partial charge on any atom is 0.261 e. The van der Waals surface area contributed by atoms with E-state index in [0.29, 0.717) is 38.2 Å². The lowest BCUT2D eigenvalue weighted by atomic mass is 9.79. The molecule has 0 radical (unpaired) electrons. The quantitative estimate of drug-likeness (QED) is 0.0653. The third-order valence-corrected chi connectivity index (χ3v) is 33.0. The molecular formula is C65H94O8Si3. The van der Waals surface area contributed by atoms with Crippen molar-refractivity contribution < 1.29 is 37.3 Å². The number of aliphatic hydroxyl groups is 1. The van der Waals surface area contributed by atoms with Crippen molar-refractivity contribution in [3.8, 4) is 0 Å². The number of aliphatic hydroxyl groups excluding tert-OH is 1. The highest BCUT2D eigenvalue weighted by molar-refractivity contribution is 7.00. The number of ether oxygens (including phenoxy) is 4. The van der Waals surface area contributed by atoms with Gasteiger partial charge in [0.25, 0.3) is 16.6 Å². The van der Waals surface area contributed by atoms with Crippen molar-refractivity contribution in [2.75, 3.05) is 13.2 Å². The Morgan fingerprint density at radius 2 is 1.08 bits per heavy atom. The minimum absolute atomic E-state index is 0.0208. The molecule has 1 N–H and O–H groups in total. The second-order valence-corrected chi connectivity index (χ2v) is 38.2. The van der Waals surface area contributed by atoms with E-state index in [4.69, 9.17) is 38.8 Å². The smallest absolute Gasteiger partial charge is 0.261 e. The van der Waals surface area contributed by atoms with Gasteiger partial charge in [0.05, 0.1) is 67.6 Å². The summed E-state index contributed by atoms with van der Waals surface area (Å²) >= 11 is 0. The van der Waals surface area contributed by atoms with Gasteiger partial charge in [-0.3, -0.25) is 0 Å². The maximum atomic E-state index is 9.83. The van der Waals surface area contributed by atoms with Crippen LogP contribution >= 0.6 is 0 Å². The fourth-order valence-corrected chi connectivity index (χ4v) is 26.0. The van der Waals surface area contributed by atoms with E-state index < -0.39 is 25.0 Å². The lowest BCUT2D eigenvalue weighted by Crippen LogP contribution is -2.70. The average molecular weight is 1090 g/mol. The molecule has 4 fully saturated rings. The summed E-state index contributed by atoms with van der Waals surface area (Å²) in [6, 6.07) is 47.1. The first-order chi connectivity index (χ1) is 36.3. The van der Waals surface area contributed by atoms with Gasteiger partial charge in [-0.1, -0.05) is 211 Å². The number of rotatable bonds is 21. The molecule has 76 heavy (non-hydrogen) atoms. The monoisotopic (exact) mass is 1090 g/mol. The van der Waals surface area contributed by atoms with E-state index in [-0.39, 0.29) is 83.6 Å². The molecule has 8 unspecified atom stereocenters. The summed E-state index contributed by atoms with van der Waals surface area (Å²) in [5.41, 5.74) is 2.20. The Labute approximate surface area is 461 Å². The van der Waals surface area contributed by atoms with Crippen LogP contribution in [0.2, 0.25) is 28.2 Å². The summed E-state index contributed by atoms with van der Waals surface area (Å²) in [4.78, 5) is 0. The Kier molecular flexibility index (Phi) is 19.4. The van der Waals surface area contributed by atoms with Gasteiger partial charge in [0.15, 0.2) is 8.32 Å². The van der Waals surface area contributed by atoms with Crippen LogP contribution in [0.4, 0.5) is 0 Å². The second kappa shape index (κ2) is 25.0. The largest absolute Gasteiger partial charge is 0.411 e. The molecule has 0 amide bonds. The third-order valence-electron chi connectivity index (χ3n) is 18.3. The normalized spacial score (nSPS) is 28.8. The summed E-state index contributed by atoms with van der Waals surface area (Å²) in [6.07, 6.45) is 3.47. The third kappa shape index (κ3) is 12.2. The molecule has 0 saturated carbocycles. The van der Waals surface area contributed by atoms with Gasteiger partial charge < -0.3 is 37.3 Å². The van der Waals surface area contributed by atoms with Gasteiger partial charge in [-0.2, -0.15) is 0 Å².